The summed E-state index contributed by atoms with van der Waals surface area (Å²) in [6.07, 6.45) is 0. The zero-order valence-electron chi connectivity index (χ0n) is 7.37. The Kier molecular flexibility index (Phi) is 3.28. The Bertz CT molecular complexity index is 447. The topological polar surface area (TPSA) is 60.2 Å². The van der Waals surface area contributed by atoms with Crippen molar-refractivity contribution in [2.75, 3.05) is 0 Å². The summed E-state index contributed by atoms with van der Waals surface area (Å²) in [5.74, 6) is -0.582. The van der Waals surface area contributed by atoms with E-state index in [9.17, 15) is 12.8 Å². The Morgan fingerprint density at radius 3 is 2.50 bits per heavy atom. The molecule has 0 aromatic heterocycles. The molecule has 3 nitrogen and oxygen atoms in total. The Labute approximate surface area is 90.3 Å². The van der Waals surface area contributed by atoms with Crippen LogP contribution in [0.3, 0.4) is 0 Å². The molecular formula is C8H9BrFNO2S. The van der Waals surface area contributed by atoms with Gasteiger partial charge in [0.2, 0.25) is 10.0 Å². The summed E-state index contributed by atoms with van der Waals surface area (Å²) < 4.78 is 35.8. The lowest BCUT2D eigenvalue weighted by Gasteiger charge is -2.10. The first-order valence-corrected chi connectivity index (χ1v) is 6.19. The number of primary sulfonamides is 1. The first-order valence-electron chi connectivity index (χ1n) is 3.79. The molecule has 0 fully saturated rings. The van der Waals surface area contributed by atoms with Crippen LogP contribution in [0.4, 0.5) is 4.39 Å². The van der Waals surface area contributed by atoms with Gasteiger partial charge < -0.3 is 0 Å². The highest BCUT2D eigenvalue weighted by atomic mass is 79.9. The van der Waals surface area contributed by atoms with Crippen LogP contribution in [0, 0.1) is 5.82 Å². The minimum Gasteiger partial charge on any atom is -0.228 e. The predicted molar refractivity (Wildman–Crippen MR) is 55.6 cm³/mol. The summed E-state index contributed by atoms with van der Waals surface area (Å²) in [6, 6.07) is 4.17. The van der Waals surface area contributed by atoms with Crippen molar-refractivity contribution in [3.63, 3.8) is 0 Å². The lowest BCUT2D eigenvalue weighted by Crippen LogP contribution is -2.20. The number of benzene rings is 1. The van der Waals surface area contributed by atoms with Crippen LogP contribution >= 0.6 is 15.9 Å². The number of hydrogen-bond donors (Lipinski definition) is 1. The lowest BCUT2D eigenvalue weighted by molar-refractivity contribution is 0.575. The van der Waals surface area contributed by atoms with E-state index in [0.29, 0.717) is 4.47 Å². The first kappa shape index (κ1) is 11.6. The van der Waals surface area contributed by atoms with E-state index in [1.807, 2.05) is 0 Å². The standard InChI is InChI=1S/C8H9BrFNO2S/c1-5(14(11,12)13)7-3-2-6(9)4-8(7)10/h2-5H,1H3,(H2,11,12,13). The lowest BCUT2D eigenvalue weighted by atomic mass is 10.1. The van der Waals surface area contributed by atoms with Gasteiger partial charge in [0.1, 0.15) is 11.1 Å². The third-order valence-corrected chi connectivity index (χ3v) is 3.63. The molecule has 0 bridgehead atoms. The molecule has 0 aliphatic heterocycles. The van der Waals surface area contributed by atoms with Crippen molar-refractivity contribution in [1.82, 2.24) is 0 Å². The van der Waals surface area contributed by atoms with E-state index in [2.05, 4.69) is 15.9 Å². The largest absolute Gasteiger partial charge is 0.228 e. The molecule has 2 N–H and O–H groups in total. The molecule has 1 atom stereocenters. The van der Waals surface area contributed by atoms with E-state index >= 15 is 0 Å². The highest BCUT2D eigenvalue weighted by Gasteiger charge is 2.21. The Hall–Kier alpha value is -0.460. The number of nitrogens with two attached hydrogens (primary N) is 1. The fraction of sp³-hybridized carbons (Fsp3) is 0.250. The normalized spacial score (nSPS) is 14.0. The molecule has 14 heavy (non-hydrogen) atoms. The Balaban J connectivity index is 3.21. The number of hydrogen-bond acceptors (Lipinski definition) is 2. The molecule has 0 spiro atoms. The second kappa shape index (κ2) is 3.96. The van der Waals surface area contributed by atoms with E-state index in [1.54, 1.807) is 6.07 Å². The summed E-state index contributed by atoms with van der Waals surface area (Å²) in [5, 5.41) is 3.88. The number of rotatable bonds is 2. The van der Waals surface area contributed by atoms with Crippen LogP contribution in [-0.4, -0.2) is 8.42 Å². The van der Waals surface area contributed by atoms with Crippen LogP contribution in [0.25, 0.3) is 0 Å². The van der Waals surface area contributed by atoms with Gasteiger partial charge in [0.15, 0.2) is 0 Å². The first-order chi connectivity index (χ1) is 6.32. The molecule has 0 radical (unpaired) electrons. The number of sulfonamides is 1. The third kappa shape index (κ3) is 2.52. The second-order valence-corrected chi connectivity index (χ2v) is 5.70. The quantitative estimate of drug-likeness (QED) is 0.901. The van der Waals surface area contributed by atoms with Gasteiger partial charge in [0.25, 0.3) is 0 Å². The predicted octanol–water partition coefficient (Wildman–Crippen LogP) is 1.94. The van der Waals surface area contributed by atoms with Crippen LogP contribution < -0.4 is 5.14 Å². The van der Waals surface area contributed by atoms with Crippen molar-refractivity contribution in [3.8, 4) is 0 Å². The zero-order valence-corrected chi connectivity index (χ0v) is 9.77. The monoisotopic (exact) mass is 281 g/mol. The van der Waals surface area contributed by atoms with E-state index in [-0.39, 0.29) is 5.56 Å². The molecular weight excluding hydrogens is 273 g/mol. The third-order valence-electron chi connectivity index (χ3n) is 1.89. The minimum absolute atomic E-state index is 0.0794. The maximum absolute atomic E-state index is 13.3. The van der Waals surface area contributed by atoms with Gasteiger partial charge in [-0.1, -0.05) is 22.0 Å². The van der Waals surface area contributed by atoms with Crippen molar-refractivity contribution < 1.29 is 12.8 Å². The molecule has 0 aliphatic rings. The molecule has 6 heteroatoms. The molecule has 78 valence electrons. The molecule has 0 saturated heterocycles. The van der Waals surface area contributed by atoms with E-state index in [0.717, 1.165) is 0 Å². The van der Waals surface area contributed by atoms with Crippen molar-refractivity contribution >= 4 is 26.0 Å². The number of halogens is 2. The summed E-state index contributed by atoms with van der Waals surface area (Å²) in [6.45, 7) is 1.35. The van der Waals surface area contributed by atoms with Gasteiger partial charge in [-0.15, -0.1) is 0 Å². The van der Waals surface area contributed by atoms with Crippen LogP contribution in [0.1, 0.15) is 17.7 Å². The molecule has 1 unspecified atom stereocenters. The van der Waals surface area contributed by atoms with Crippen molar-refractivity contribution in [3.05, 3.63) is 34.1 Å². The fourth-order valence-corrected chi connectivity index (χ4v) is 1.89. The highest BCUT2D eigenvalue weighted by molar-refractivity contribution is 9.10. The van der Waals surface area contributed by atoms with E-state index < -0.39 is 21.1 Å². The van der Waals surface area contributed by atoms with Gasteiger partial charge in [-0.2, -0.15) is 0 Å². The van der Waals surface area contributed by atoms with Gasteiger partial charge in [0.05, 0.1) is 0 Å². The second-order valence-electron chi connectivity index (χ2n) is 2.90. The van der Waals surface area contributed by atoms with Crippen LogP contribution in [-0.2, 0) is 10.0 Å². The summed E-state index contributed by atoms with van der Waals surface area (Å²) in [4.78, 5) is 0. The van der Waals surface area contributed by atoms with Gasteiger partial charge in [-0.25, -0.2) is 17.9 Å². The van der Waals surface area contributed by atoms with E-state index in [4.69, 9.17) is 5.14 Å². The molecule has 0 aliphatic carbocycles. The molecule has 1 aromatic carbocycles. The zero-order chi connectivity index (χ0) is 10.9. The average molecular weight is 282 g/mol. The summed E-state index contributed by atoms with van der Waals surface area (Å²) in [7, 11) is -3.75. The minimum atomic E-state index is -3.75. The molecule has 0 heterocycles. The molecule has 1 aromatic rings. The van der Waals surface area contributed by atoms with Gasteiger partial charge in [-0.05, 0) is 19.1 Å². The Morgan fingerprint density at radius 2 is 2.07 bits per heavy atom. The molecule has 0 saturated carbocycles. The van der Waals surface area contributed by atoms with Crippen molar-refractivity contribution in [2.24, 2.45) is 5.14 Å². The van der Waals surface area contributed by atoms with E-state index in [1.165, 1.54) is 19.1 Å². The average Bonchev–Trinajstić information content (AvgIpc) is 2.01. The van der Waals surface area contributed by atoms with Crippen molar-refractivity contribution in [1.29, 1.82) is 0 Å². The molecule has 0 amide bonds. The van der Waals surface area contributed by atoms with Gasteiger partial charge in [0, 0.05) is 10.0 Å². The molecule has 1 rings (SSSR count). The van der Waals surface area contributed by atoms with Gasteiger partial charge in [-0.3, -0.25) is 0 Å². The maximum Gasteiger partial charge on any atom is 0.215 e. The smallest absolute Gasteiger partial charge is 0.215 e. The highest BCUT2D eigenvalue weighted by Crippen LogP contribution is 2.24. The maximum atomic E-state index is 13.3. The van der Waals surface area contributed by atoms with Gasteiger partial charge >= 0.3 is 0 Å². The van der Waals surface area contributed by atoms with Crippen molar-refractivity contribution in [2.45, 2.75) is 12.2 Å². The van der Waals surface area contributed by atoms with Crippen LogP contribution in [0.5, 0.6) is 0 Å². The SMILES string of the molecule is CC(c1ccc(Br)cc1F)S(N)(=O)=O. The summed E-state index contributed by atoms with van der Waals surface area (Å²) >= 11 is 3.08. The fourth-order valence-electron chi connectivity index (χ4n) is 1.01. The summed E-state index contributed by atoms with van der Waals surface area (Å²) in [5.41, 5.74) is 0.0794. The Morgan fingerprint density at radius 1 is 1.50 bits per heavy atom. The van der Waals surface area contributed by atoms with Crippen LogP contribution in [0.2, 0.25) is 0 Å². The van der Waals surface area contributed by atoms with Crippen LogP contribution in [0.15, 0.2) is 22.7 Å².